The molecule has 3 aliphatic heterocycles. The summed E-state index contributed by atoms with van der Waals surface area (Å²) in [6.45, 7) is -0.776. The highest BCUT2D eigenvalue weighted by Gasteiger charge is 2.76. The smallest absolute Gasteiger partial charge is 0.330 e. The van der Waals surface area contributed by atoms with E-state index in [4.69, 9.17) is 23.7 Å². The van der Waals surface area contributed by atoms with Crippen LogP contribution in [0.25, 0.3) is 6.08 Å². The largest absolute Gasteiger partial charge is 0.472 e. The number of carbonyl (C=O) groups is 1. The van der Waals surface area contributed by atoms with Crippen molar-refractivity contribution in [2.24, 2.45) is 11.8 Å². The summed E-state index contributed by atoms with van der Waals surface area (Å²) in [5.74, 6) is -1.67. The van der Waals surface area contributed by atoms with Gasteiger partial charge in [-0.15, -0.1) is 0 Å². The van der Waals surface area contributed by atoms with E-state index in [1.807, 2.05) is 30.3 Å². The van der Waals surface area contributed by atoms with Crippen LogP contribution in [0, 0.1) is 11.8 Å². The number of carbonyl (C=O) groups excluding carboxylic acids is 1. The van der Waals surface area contributed by atoms with Crippen LogP contribution in [0.2, 0.25) is 0 Å². The van der Waals surface area contributed by atoms with E-state index in [1.165, 1.54) is 12.3 Å². The zero-order valence-corrected chi connectivity index (χ0v) is 18.6. The molecule has 11 nitrogen and oxygen atoms in total. The Morgan fingerprint density at radius 2 is 1.80 bits per heavy atom. The summed E-state index contributed by atoms with van der Waals surface area (Å²) in [6, 6.07) is 9.24. The number of hydrogen-bond donors (Lipinski definition) is 5. The summed E-state index contributed by atoms with van der Waals surface area (Å²) in [6.07, 6.45) is -4.06. The third-order valence-corrected chi connectivity index (χ3v) is 7.03. The van der Waals surface area contributed by atoms with Gasteiger partial charge < -0.3 is 49.2 Å². The van der Waals surface area contributed by atoms with Crippen LogP contribution >= 0.6 is 0 Å². The van der Waals surface area contributed by atoms with Crippen LogP contribution in [0.5, 0.6) is 0 Å². The van der Waals surface area contributed by atoms with Crippen molar-refractivity contribution in [3.05, 3.63) is 54.3 Å². The molecule has 0 aromatic heterocycles. The molecule has 4 aliphatic rings. The van der Waals surface area contributed by atoms with E-state index < -0.39 is 79.2 Å². The van der Waals surface area contributed by atoms with Crippen molar-refractivity contribution in [3.63, 3.8) is 0 Å². The average molecular weight is 492 g/mol. The molecule has 1 saturated carbocycles. The van der Waals surface area contributed by atoms with E-state index in [1.54, 1.807) is 12.2 Å². The number of fused-ring (bicyclic) bond motifs is 3. The molecule has 11 heteroatoms. The van der Waals surface area contributed by atoms with E-state index in [0.29, 0.717) is 0 Å². The fourth-order valence-electron chi connectivity index (χ4n) is 5.11. The number of esters is 1. The number of epoxide rings is 1. The molecule has 11 atom stereocenters. The predicted octanol–water partition coefficient (Wildman–Crippen LogP) is -1.33. The van der Waals surface area contributed by atoms with Gasteiger partial charge in [0, 0.05) is 12.0 Å². The van der Waals surface area contributed by atoms with Gasteiger partial charge in [0.1, 0.15) is 42.7 Å². The summed E-state index contributed by atoms with van der Waals surface area (Å²) in [4.78, 5) is 12.3. The number of ether oxygens (including phenoxy) is 5. The fourth-order valence-corrected chi connectivity index (χ4v) is 5.11. The lowest BCUT2D eigenvalue weighted by atomic mass is 9.85. The van der Waals surface area contributed by atoms with E-state index in [2.05, 4.69) is 0 Å². The van der Waals surface area contributed by atoms with E-state index in [0.717, 1.165) is 5.56 Å². The number of hydrogen-bond acceptors (Lipinski definition) is 11. The molecule has 2 saturated heterocycles. The minimum absolute atomic E-state index is 0.167. The second kappa shape index (κ2) is 9.60. The second-order valence-electron chi connectivity index (χ2n) is 9.11. The molecular weight excluding hydrogens is 464 g/mol. The lowest BCUT2D eigenvalue weighted by Crippen LogP contribution is -2.60. The zero-order valence-electron chi connectivity index (χ0n) is 18.6. The Morgan fingerprint density at radius 3 is 2.54 bits per heavy atom. The van der Waals surface area contributed by atoms with Crippen molar-refractivity contribution >= 4 is 12.0 Å². The van der Waals surface area contributed by atoms with Gasteiger partial charge in [-0.25, -0.2) is 4.79 Å². The van der Waals surface area contributed by atoms with Gasteiger partial charge in [-0.2, -0.15) is 0 Å². The maximum atomic E-state index is 12.3. The van der Waals surface area contributed by atoms with Crippen LogP contribution in [-0.2, 0) is 28.5 Å². The predicted molar refractivity (Wildman–Crippen MR) is 116 cm³/mol. The van der Waals surface area contributed by atoms with Crippen LogP contribution in [0.1, 0.15) is 5.56 Å². The average Bonchev–Trinajstić information content (AvgIpc) is 3.56. The minimum Gasteiger partial charge on any atom is -0.472 e. The summed E-state index contributed by atoms with van der Waals surface area (Å²) in [5.41, 5.74) is -0.248. The number of aliphatic hydroxyl groups is 5. The van der Waals surface area contributed by atoms with Crippen LogP contribution in [-0.4, -0.2) is 99.5 Å². The first-order valence-corrected chi connectivity index (χ1v) is 11.4. The maximum Gasteiger partial charge on any atom is 0.330 e. The van der Waals surface area contributed by atoms with Gasteiger partial charge in [0.05, 0.1) is 24.9 Å². The first kappa shape index (κ1) is 24.3. The molecule has 3 heterocycles. The molecule has 1 aromatic rings. The highest BCUT2D eigenvalue weighted by molar-refractivity contribution is 5.87. The van der Waals surface area contributed by atoms with Crippen LogP contribution in [0.3, 0.4) is 0 Å². The molecule has 0 unspecified atom stereocenters. The first-order chi connectivity index (χ1) is 16.9. The van der Waals surface area contributed by atoms with E-state index in [9.17, 15) is 30.3 Å². The number of rotatable bonds is 7. The van der Waals surface area contributed by atoms with E-state index >= 15 is 0 Å². The Bertz CT molecular complexity index is 965. The molecule has 0 bridgehead atoms. The Morgan fingerprint density at radius 1 is 1.03 bits per heavy atom. The fraction of sp³-hybridized carbons (Fsp3) is 0.542. The Labute approximate surface area is 200 Å². The van der Waals surface area contributed by atoms with Gasteiger partial charge in [0.2, 0.25) is 6.29 Å². The molecule has 35 heavy (non-hydrogen) atoms. The van der Waals surface area contributed by atoms with Crippen LogP contribution in [0.15, 0.2) is 48.7 Å². The van der Waals surface area contributed by atoms with Crippen molar-refractivity contribution in [3.8, 4) is 0 Å². The molecule has 190 valence electrons. The third kappa shape index (κ3) is 4.39. The van der Waals surface area contributed by atoms with Gasteiger partial charge in [-0.3, -0.25) is 0 Å². The van der Waals surface area contributed by atoms with Gasteiger partial charge >= 0.3 is 5.97 Å². The highest BCUT2D eigenvalue weighted by atomic mass is 16.8. The summed E-state index contributed by atoms with van der Waals surface area (Å²) in [7, 11) is 0. The molecule has 3 fully saturated rings. The van der Waals surface area contributed by atoms with Crippen molar-refractivity contribution in [1.29, 1.82) is 0 Å². The lowest BCUT2D eigenvalue weighted by molar-refractivity contribution is -0.344. The third-order valence-electron chi connectivity index (χ3n) is 7.03. The molecule has 0 spiro atoms. The molecule has 1 aromatic carbocycles. The van der Waals surface area contributed by atoms with Crippen molar-refractivity contribution in [1.82, 2.24) is 0 Å². The normalized spacial score (nSPS) is 43.9. The summed E-state index contributed by atoms with van der Waals surface area (Å²) in [5, 5.41) is 50.5. The number of benzene rings is 1. The lowest BCUT2D eigenvalue weighted by Gasteiger charge is -2.43. The number of aliphatic hydroxyl groups excluding tert-OH is 5. The molecule has 5 rings (SSSR count). The summed E-state index contributed by atoms with van der Waals surface area (Å²) < 4.78 is 28.1. The van der Waals surface area contributed by atoms with Gasteiger partial charge in [0.25, 0.3) is 0 Å². The maximum absolute atomic E-state index is 12.3. The molecule has 0 amide bonds. The second-order valence-corrected chi connectivity index (χ2v) is 9.11. The Balaban J connectivity index is 1.28. The summed E-state index contributed by atoms with van der Waals surface area (Å²) >= 11 is 0. The van der Waals surface area contributed by atoms with Gasteiger partial charge in [0.15, 0.2) is 6.29 Å². The van der Waals surface area contributed by atoms with Crippen LogP contribution < -0.4 is 0 Å². The minimum atomic E-state index is -1.63. The Kier molecular flexibility index (Phi) is 6.68. The van der Waals surface area contributed by atoms with Gasteiger partial charge in [-0.1, -0.05) is 30.3 Å². The highest BCUT2D eigenvalue weighted by Crippen LogP contribution is 2.60. The monoisotopic (exact) mass is 492 g/mol. The van der Waals surface area contributed by atoms with Crippen molar-refractivity contribution in [2.75, 3.05) is 13.2 Å². The van der Waals surface area contributed by atoms with Crippen LogP contribution in [0.4, 0.5) is 0 Å². The molecule has 5 N–H and O–H groups in total. The van der Waals surface area contributed by atoms with Crippen molar-refractivity contribution < 1.29 is 54.0 Å². The molecule has 0 radical (unpaired) electrons. The van der Waals surface area contributed by atoms with Gasteiger partial charge in [-0.05, 0) is 17.7 Å². The molecule has 1 aliphatic carbocycles. The molecular formula is C24H28O11. The zero-order chi connectivity index (χ0) is 24.7. The topological polar surface area (TPSA) is 168 Å². The Hall–Kier alpha value is -2.35. The SMILES string of the molecule is O=C(C=Cc1ccccc1)OC[C@]12O[C@H]1[C@@H](O)[C@@H]1C=CO[C@H](O[C@@H]3O[C@H](CO)[C@@H](O)[C@H](O)[C@H]3O)[C@@H]12. The first-order valence-electron chi connectivity index (χ1n) is 11.4. The van der Waals surface area contributed by atoms with Crippen molar-refractivity contribution in [2.45, 2.75) is 54.8 Å². The standard InChI is InChI=1S/C24H28O11/c25-10-14-18(28)19(29)20(30)23(33-14)34-22-16-13(8-9-31-22)17(27)21-24(16,35-21)11-32-15(26)7-6-12-4-2-1-3-5-12/h1-9,13-14,16-23,25,27-30H,10-11H2/t13-,14-,16-,17+,18-,19+,20-,21+,22-,23+,24-/m1/s1. The quantitative estimate of drug-likeness (QED) is 0.174. The van der Waals surface area contributed by atoms with E-state index in [-0.39, 0.29) is 6.61 Å².